The van der Waals surface area contributed by atoms with Crippen LogP contribution in [0.5, 0.6) is 5.75 Å². The third-order valence-corrected chi connectivity index (χ3v) is 2.98. The molecule has 0 spiro atoms. The molecule has 18 heavy (non-hydrogen) atoms. The Labute approximate surface area is 106 Å². The summed E-state index contributed by atoms with van der Waals surface area (Å²) in [4.78, 5) is 3.14. The average Bonchev–Trinajstić information content (AvgIpc) is 2.83. The lowest BCUT2D eigenvalue weighted by atomic mass is 10.0. The second-order valence-electron chi connectivity index (χ2n) is 4.16. The van der Waals surface area contributed by atoms with Crippen LogP contribution < -0.4 is 0 Å². The number of aromatic nitrogens is 1. The molecule has 0 saturated carbocycles. The molecule has 2 heteroatoms. The van der Waals surface area contributed by atoms with Crippen molar-refractivity contribution in [2.24, 2.45) is 0 Å². The number of hydrogen-bond donors (Lipinski definition) is 2. The van der Waals surface area contributed by atoms with Crippen molar-refractivity contribution in [1.29, 1.82) is 0 Å². The molecule has 0 aliphatic heterocycles. The Kier molecular flexibility index (Phi) is 2.61. The first kappa shape index (κ1) is 10.7. The van der Waals surface area contributed by atoms with Gasteiger partial charge in [-0.05, 0) is 11.1 Å². The SMILES string of the molecule is Oc1c[nH]c(-c2ccccc2)c1-c1ccccc1. The molecular weight excluding hydrogens is 222 g/mol. The second kappa shape index (κ2) is 4.41. The molecule has 2 N–H and O–H groups in total. The quantitative estimate of drug-likeness (QED) is 0.690. The summed E-state index contributed by atoms with van der Waals surface area (Å²) < 4.78 is 0. The van der Waals surface area contributed by atoms with Gasteiger partial charge >= 0.3 is 0 Å². The van der Waals surface area contributed by atoms with E-state index >= 15 is 0 Å². The minimum atomic E-state index is 0.278. The molecule has 88 valence electrons. The van der Waals surface area contributed by atoms with Gasteiger partial charge in [0.1, 0.15) is 5.75 Å². The molecule has 0 atom stereocenters. The van der Waals surface area contributed by atoms with Crippen LogP contribution in [-0.2, 0) is 0 Å². The van der Waals surface area contributed by atoms with Gasteiger partial charge in [-0.1, -0.05) is 60.7 Å². The largest absolute Gasteiger partial charge is 0.506 e. The molecule has 3 aromatic rings. The minimum absolute atomic E-state index is 0.278. The number of hydrogen-bond acceptors (Lipinski definition) is 1. The molecule has 1 aromatic heterocycles. The summed E-state index contributed by atoms with van der Waals surface area (Å²) in [6.45, 7) is 0. The molecule has 0 unspecified atom stereocenters. The number of aromatic amines is 1. The van der Waals surface area contributed by atoms with E-state index in [0.29, 0.717) is 0 Å². The predicted octanol–water partition coefficient (Wildman–Crippen LogP) is 4.05. The van der Waals surface area contributed by atoms with E-state index in [1.807, 2.05) is 60.7 Å². The van der Waals surface area contributed by atoms with E-state index in [1.54, 1.807) is 6.20 Å². The molecule has 0 aliphatic rings. The summed E-state index contributed by atoms with van der Waals surface area (Å²) in [5.74, 6) is 0.278. The van der Waals surface area contributed by atoms with Gasteiger partial charge < -0.3 is 10.1 Å². The Morgan fingerprint density at radius 1 is 0.722 bits per heavy atom. The first-order valence-electron chi connectivity index (χ1n) is 5.87. The molecule has 0 radical (unpaired) electrons. The lowest BCUT2D eigenvalue weighted by Crippen LogP contribution is -1.82. The van der Waals surface area contributed by atoms with Gasteiger partial charge in [-0.25, -0.2) is 0 Å². The van der Waals surface area contributed by atoms with Gasteiger partial charge in [0.2, 0.25) is 0 Å². The predicted molar refractivity (Wildman–Crippen MR) is 73.3 cm³/mol. The van der Waals surface area contributed by atoms with E-state index in [9.17, 15) is 5.11 Å². The Morgan fingerprint density at radius 2 is 1.28 bits per heavy atom. The Hall–Kier alpha value is -2.48. The normalized spacial score (nSPS) is 10.4. The van der Waals surface area contributed by atoms with Crippen molar-refractivity contribution in [3.8, 4) is 28.1 Å². The Balaban J connectivity index is 2.19. The van der Waals surface area contributed by atoms with Gasteiger partial charge in [0.05, 0.1) is 5.69 Å². The maximum atomic E-state index is 10.0. The second-order valence-corrected chi connectivity index (χ2v) is 4.16. The highest BCUT2D eigenvalue weighted by Crippen LogP contribution is 2.37. The monoisotopic (exact) mass is 235 g/mol. The summed E-state index contributed by atoms with van der Waals surface area (Å²) in [6, 6.07) is 19.9. The van der Waals surface area contributed by atoms with Crippen LogP contribution in [0.3, 0.4) is 0 Å². The fraction of sp³-hybridized carbons (Fsp3) is 0. The zero-order valence-corrected chi connectivity index (χ0v) is 9.80. The molecule has 0 fully saturated rings. The first-order chi connectivity index (χ1) is 8.86. The van der Waals surface area contributed by atoms with Crippen molar-refractivity contribution in [1.82, 2.24) is 4.98 Å². The summed E-state index contributed by atoms with van der Waals surface area (Å²) >= 11 is 0. The third-order valence-electron chi connectivity index (χ3n) is 2.98. The van der Waals surface area contributed by atoms with Crippen LogP contribution in [0, 0.1) is 0 Å². The van der Waals surface area contributed by atoms with Crippen LogP contribution in [0.15, 0.2) is 66.9 Å². The number of aromatic hydroxyl groups is 1. The van der Waals surface area contributed by atoms with Crippen LogP contribution in [0.4, 0.5) is 0 Å². The fourth-order valence-electron chi connectivity index (χ4n) is 2.14. The van der Waals surface area contributed by atoms with Crippen molar-refractivity contribution < 1.29 is 5.11 Å². The molecule has 2 nitrogen and oxygen atoms in total. The van der Waals surface area contributed by atoms with Crippen molar-refractivity contribution in [3.63, 3.8) is 0 Å². The van der Waals surface area contributed by atoms with Gasteiger partial charge in [0, 0.05) is 11.8 Å². The van der Waals surface area contributed by atoms with Crippen LogP contribution >= 0.6 is 0 Å². The van der Waals surface area contributed by atoms with Crippen molar-refractivity contribution in [2.45, 2.75) is 0 Å². The maximum Gasteiger partial charge on any atom is 0.141 e. The van der Waals surface area contributed by atoms with Gasteiger partial charge in [-0.2, -0.15) is 0 Å². The molecule has 1 heterocycles. The van der Waals surface area contributed by atoms with E-state index in [1.165, 1.54) is 0 Å². The minimum Gasteiger partial charge on any atom is -0.506 e. The Bertz CT molecular complexity index is 641. The molecular formula is C16H13NO. The lowest BCUT2D eigenvalue weighted by molar-refractivity contribution is 0.478. The van der Waals surface area contributed by atoms with Crippen molar-refractivity contribution in [2.75, 3.05) is 0 Å². The zero-order valence-electron chi connectivity index (χ0n) is 9.80. The molecule has 2 aromatic carbocycles. The molecule has 3 rings (SSSR count). The van der Waals surface area contributed by atoms with Crippen LogP contribution in [0.1, 0.15) is 0 Å². The standard InChI is InChI=1S/C16H13NO/c18-14-11-17-16(13-9-5-2-6-10-13)15(14)12-7-3-1-4-8-12/h1-11,17-18H. The highest BCUT2D eigenvalue weighted by molar-refractivity contribution is 5.85. The lowest BCUT2D eigenvalue weighted by Gasteiger charge is -2.05. The first-order valence-corrected chi connectivity index (χ1v) is 5.87. The molecule has 0 amide bonds. The van der Waals surface area contributed by atoms with E-state index < -0.39 is 0 Å². The van der Waals surface area contributed by atoms with E-state index in [-0.39, 0.29) is 5.75 Å². The summed E-state index contributed by atoms with van der Waals surface area (Å²) in [7, 11) is 0. The van der Waals surface area contributed by atoms with Gasteiger partial charge in [-0.3, -0.25) is 0 Å². The number of benzene rings is 2. The average molecular weight is 235 g/mol. The van der Waals surface area contributed by atoms with E-state index in [2.05, 4.69) is 4.98 Å². The Morgan fingerprint density at radius 3 is 1.89 bits per heavy atom. The van der Waals surface area contributed by atoms with Crippen LogP contribution in [0.2, 0.25) is 0 Å². The van der Waals surface area contributed by atoms with Crippen molar-refractivity contribution in [3.05, 3.63) is 66.9 Å². The topological polar surface area (TPSA) is 36.0 Å². The highest BCUT2D eigenvalue weighted by atomic mass is 16.3. The van der Waals surface area contributed by atoms with Gasteiger partial charge in [0.15, 0.2) is 0 Å². The van der Waals surface area contributed by atoms with Gasteiger partial charge in [0.25, 0.3) is 0 Å². The van der Waals surface area contributed by atoms with Crippen LogP contribution in [0.25, 0.3) is 22.4 Å². The number of H-pyrrole nitrogens is 1. The molecule has 0 aliphatic carbocycles. The van der Waals surface area contributed by atoms with Crippen LogP contribution in [-0.4, -0.2) is 10.1 Å². The maximum absolute atomic E-state index is 10.0. The smallest absolute Gasteiger partial charge is 0.141 e. The zero-order chi connectivity index (χ0) is 12.4. The van der Waals surface area contributed by atoms with E-state index in [0.717, 1.165) is 22.4 Å². The summed E-state index contributed by atoms with van der Waals surface area (Å²) in [6.07, 6.45) is 1.63. The highest BCUT2D eigenvalue weighted by Gasteiger charge is 2.13. The number of nitrogens with one attached hydrogen (secondary N) is 1. The third kappa shape index (κ3) is 1.78. The van der Waals surface area contributed by atoms with E-state index in [4.69, 9.17) is 0 Å². The van der Waals surface area contributed by atoms with Crippen molar-refractivity contribution >= 4 is 0 Å². The summed E-state index contributed by atoms with van der Waals surface area (Å²) in [5.41, 5.74) is 3.87. The molecule has 0 saturated heterocycles. The van der Waals surface area contributed by atoms with Gasteiger partial charge in [-0.15, -0.1) is 0 Å². The molecule has 0 bridgehead atoms. The number of rotatable bonds is 2. The summed E-state index contributed by atoms with van der Waals surface area (Å²) in [5, 5.41) is 10.0. The fourth-order valence-corrected chi connectivity index (χ4v) is 2.14.